The summed E-state index contributed by atoms with van der Waals surface area (Å²) in [5.74, 6) is -0.814. The molecular weight excluding hydrogens is 712 g/mol. The minimum absolute atomic E-state index is 0.220. The second-order valence-electron chi connectivity index (χ2n) is 16.2. The smallest absolute Gasteiger partial charge is 0.306 e. The molecule has 0 aromatic rings. The topological polar surface area (TPSA) is 152 Å². The molecule has 0 spiro atoms. The molecule has 1 aliphatic heterocycles. The summed E-state index contributed by atoms with van der Waals surface area (Å²) in [5.41, 5.74) is 0. The highest BCUT2D eigenvalue weighted by Gasteiger charge is 2.44. The Bertz CT molecular complexity index is 928. The Labute approximate surface area is 341 Å². The van der Waals surface area contributed by atoms with Gasteiger partial charge in [0.05, 0.1) is 13.2 Å². The van der Waals surface area contributed by atoms with Gasteiger partial charge in [0.1, 0.15) is 31.0 Å². The molecule has 1 rings (SSSR count). The minimum Gasteiger partial charge on any atom is -0.462 e. The normalized spacial score (nSPS) is 20.4. The van der Waals surface area contributed by atoms with Crippen LogP contribution in [0.15, 0.2) is 12.2 Å². The Kier molecular flexibility index (Phi) is 35.3. The van der Waals surface area contributed by atoms with Crippen molar-refractivity contribution in [3.63, 3.8) is 0 Å². The number of aliphatic hydroxyl groups is 4. The van der Waals surface area contributed by atoms with E-state index >= 15 is 0 Å². The predicted octanol–water partition coefficient (Wildman–Crippen LogP) is 9.95. The Morgan fingerprint density at radius 2 is 0.946 bits per heavy atom. The lowest BCUT2D eigenvalue weighted by atomic mass is 9.99. The van der Waals surface area contributed by atoms with E-state index in [1.807, 2.05) is 0 Å². The van der Waals surface area contributed by atoms with Gasteiger partial charge in [-0.15, -0.1) is 0 Å². The van der Waals surface area contributed by atoms with Crippen molar-refractivity contribution in [1.82, 2.24) is 0 Å². The Hall–Kier alpha value is -1.56. The van der Waals surface area contributed by atoms with Gasteiger partial charge < -0.3 is 39.4 Å². The maximum absolute atomic E-state index is 12.8. The van der Waals surface area contributed by atoms with Crippen molar-refractivity contribution in [1.29, 1.82) is 0 Å². The fraction of sp³-hybridized carbons (Fsp3) is 0.913. The summed E-state index contributed by atoms with van der Waals surface area (Å²) in [6.07, 6.45) is 32.2. The molecule has 0 radical (unpaired) electrons. The molecule has 10 nitrogen and oxygen atoms in total. The van der Waals surface area contributed by atoms with Gasteiger partial charge in [-0.3, -0.25) is 9.59 Å². The van der Waals surface area contributed by atoms with Gasteiger partial charge in [-0.25, -0.2) is 0 Å². The van der Waals surface area contributed by atoms with Gasteiger partial charge in [-0.2, -0.15) is 0 Å². The number of aliphatic hydroxyl groups excluding tert-OH is 4. The number of hydrogen-bond donors (Lipinski definition) is 4. The molecule has 1 heterocycles. The summed E-state index contributed by atoms with van der Waals surface area (Å²) in [5, 5.41) is 40.1. The first-order chi connectivity index (χ1) is 27.3. The first-order valence-electron chi connectivity index (χ1n) is 23.3. The molecule has 0 amide bonds. The zero-order valence-corrected chi connectivity index (χ0v) is 35.9. The predicted molar refractivity (Wildman–Crippen MR) is 224 cm³/mol. The van der Waals surface area contributed by atoms with Crippen LogP contribution in [-0.4, -0.2) is 89.0 Å². The van der Waals surface area contributed by atoms with Crippen LogP contribution in [0.3, 0.4) is 0 Å². The van der Waals surface area contributed by atoms with E-state index in [2.05, 4.69) is 26.0 Å². The van der Waals surface area contributed by atoms with Crippen molar-refractivity contribution in [2.45, 2.75) is 250 Å². The van der Waals surface area contributed by atoms with Crippen molar-refractivity contribution < 1.29 is 49.0 Å². The molecule has 10 heteroatoms. The molecule has 2 unspecified atom stereocenters. The summed E-state index contributed by atoms with van der Waals surface area (Å²) >= 11 is 0. The molecule has 1 saturated heterocycles. The lowest BCUT2D eigenvalue weighted by Gasteiger charge is -2.39. The van der Waals surface area contributed by atoms with Crippen molar-refractivity contribution >= 4 is 11.9 Å². The van der Waals surface area contributed by atoms with Crippen LogP contribution in [0.25, 0.3) is 0 Å². The third kappa shape index (κ3) is 28.8. The number of hydrogen-bond acceptors (Lipinski definition) is 10. The molecule has 0 aliphatic carbocycles. The van der Waals surface area contributed by atoms with Crippen LogP contribution in [0.5, 0.6) is 0 Å². The highest BCUT2D eigenvalue weighted by Crippen LogP contribution is 2.23. The van der Waals surface area contributed by atoms with Gasteiger partial charge in [-0.1, -0.05) is 174 Å². The molecule has 330 valence electrons. The fourth-order valence-electron chi connectivity index (χ4n) is 7.18. The van der Waals surface area contributed by atoms with Crippen LogP contribution in [0.4, 0.5) is 0 Å². The highest BCUT2D eigenvalue weighted by molar-refractivity contribution is 5.70. The number of allylic oxidation sites excluding steroid dienone is 2. The molecule has 4 N–H and O–H groups in total. The monoisotopic (exact) mass is 799 g/mol. The zero-order valence-electron chi connectivity index (χ0n) is 35.9. The van der Waals surface area contributed by atoms with Gasteiger partial charge in [0.15, 0.2) is 12.4 Å². The molecule has 0 bridgehead atoms. The van der Waals surface area contributed by atoms with Crippen LogP contribution in [0.1, 0.15) is 213 Å². The molecule has 1 fully saturated rings. The third-order valence-electron chi connectivity index (χ3n) is 10.9. The number of ether oxygens (including phenoxy) is 4. The first-order valence-corrected chi connectivity index (χ1v) is 23.3. The second kappa shape index (κ2) is 37.7. The number of carbonyl (C=O) groups is 2. The first kappa shape index (κ1) is 52.5. The third-order valence-corrected chi connectivity index (χ3v) is 10.9. The summed E-state index contributed by atoms with van der Waals surface area (Å²) < 4.78 is 22.2. The average molecular weight is 799 g/mol. The largest absolute Gasteiger partial charge is 0.462 e. The van der Waals surface area contributed by atoms with E-state index in [0.29, 0.717) is 12.8 Å². The average Bonchev–Trinajstić information content (AvgIpc) is 3.19. The lowest BCUT2D eigenvalue weighted by Crippen LogP contribution is -2.59. The second-order valence-corrected chi connectivity index (χ2v) is 16.2. The minimum atomic E-state index is -1.59. The highest BCUT2D eigenvalue weighted by atomic mass is 16.7. The zero-order chi connectivity index (χ0) is 40.9. The number of esters is 2. The number of unbranched alkanes of at least 4 members (excludes halogenated alkanes) is 26. The molecule has 0 saturated carbocycles. The molecule has 1 aliphatic rings. The van der Waals surface area contributed by atoms with E-state index in [1.165, 1.54) is 128 Å². The maximum atomic E-state index is 12.8. The molecule has 0 aromatic carbocycles. The van der Waals surface area contributed by atoms with Crippen molar-refractivity contribution in [2.24, 2.45) is 0 Å². The standard InChI is InChI=1S/C46H86O10/c1-3-5-7-9-11-13-15-17-18-19-20-21-23-25-27-29-31-33-35-42(49)55-39(38-54-46-45(52)44(51)43(50)40(36-47)56-46)37-53-41(48)34-32-30-28-26-24-22-16-14-12-10-8-6-4-2/h22,24,39-40,43-47,50-52H,3-21,23,25-38H2,1-2H3/b24-22+/t39-,40-,43+,44?,45?,46-/m1/s1. The van der Waals surface area contributed by atoms with Gasteiger partial charge >= 0.3 is 11.9 Å². The van der Waals surface area contributed by atoms with E-state index < -0.39 is 49.4 Å². The van der Waals surface area contributed by atoms with Crippen molar-refractivity contribution in [3.05, 3.63) is 12.2 Å². The van der Waals surface area contributed by atoms with E-state index in [1.54, 1.807) is 0 Å². The fourth-order valence-corrected chi connectivity index (χ4v) is 7.18. The van der Waals surface area contributed by atoms with E-state index in [0.717, 1.165) is 44.9 Å². The van der Waals surface area contributed by atoms with Gasteiger partial charge in [0.25, 0.3) is 0 Å². The summed E-state index contributed by atoms with van der Waals surface area (Å²) in [7, 11) is 0. The van der Waals surface area contributed by atoms with Gasteiger partial charge in [-0.05, 0) is 38.5 Å². The van der Waals surface area contributed by atoms with Crippen LogP contribution >= 0.6 is 0 Å². The molecule has 6 atom stereocenters. The van der Waals surface area contributed by atoms with E-state index in [9.17, 15) is 30.0 Å². The Balaban J connectivity index is 2.30. The van der Waals surface area contributed by atoms with Gasteiger partial charge in [0, 0.05) is 12.8 Å². The van der Waals surface area contributed by atoms with Crippen LogP contribution in [0.2, 0.25) is 0 Å². The molecule has 56 heavy (non-hydrogen) atoms. The molecule has 0 aromatic heterocycles. The quantitative estimate of drug-likeness (QED) is 0.0269. The van der Waals surface area contributed by atoms with E-state index in [4.69, 9.17) is 18.9 Å². The lowest BCUT2D eigenvalue weighted by molar-refractivity contribution is -0.305. The van der Waals surface area contributed by atoms with Crippen LogP contribution < -0.4 is 0 Å². The summed E-state index contributed by atoms with van der Waals surface area (Å²) in [4.78, 5) is 25.3. The van der Waals surface area contributed by atoms with Gasteiger partial charge in [0.2, 0.25) is 0 Å². The molecular formula is C46H86O10. The van der Waals surface area contributed by atoms with Crippen LogP contribution in [0, 0.1) is 0 Å². The Morgan fingerprint density at radius 1 is 0.536 bits per heavy atom. The summed E-state index contributed by atoms with van der Waals surface area (Å²) in [6, 6.07) is 0. The summed E-state index contributed by atoms with van der Waals surface area (Å²) in [6.45, 7) is 3.42. The number of rotatable bonds is 39. The van der Waals surface area contributed by atoms with Crippen molar-refractivity contribution in [3.8, 4) is 0 Å². The van der Waals surface area contributed by atoms with Crippen LogP contribution in [-0.2, 0) is 28.5 Å². The maximum Gasteiger partial charge on any atom is 0.306 e. The number of carbonyl (C=O) groups excluding carboxylic acids is 2. The van der Waals surface area contributed by atoms with Crippen molar-refractivity contribution in [2.75, 3.05) is 19.8 Å². The van der Waals surface area contributed by atoms with E-state index in [-0.39, 0.29) is 32.0 Å². The SMILES string of the molecule is CCCCCCCC/C=C/CCCCCC(=O)OC[C@H](CO[C@@H]1O[C@H](CO)[C@H](O)C(O)C1O)OC(=O)CCCCCCCCCCCCCCCCCCCC. The Morgan fingerprint density at radius 3 is 1.41 bits per heavy atom.